The third kappa shape index (κ3) is 4.11. The molecule has 27 heavy (non-hydrogen) atoms. The molecule has 1 N–H and O–H groups in total. The molecule has 7 nitrogen and oxygen atoms in total. The number of hydrogen-bond acceptors (Lipinski definition) is 6. The molecule has 2 aromatic rings. The molecule has 0 radical (unpaired) electrons. The van der Waals surface area contributed by atoms with Crippen molar-refractivity contribution in [2.45, 2.75) is 26.3 Å². The highest BCUT2D eigenvalue weighted by Gasteiger charge is 2.21. The molecule has 0 saturated heterocycles. The average Bonchev–Trinajstić information content (AvgIpc) is 2.90. The molecule has 1 heterocycles. The molecular weight excluding hydrogens is 346 g/mol. The van der Waals surface area contributed by atoms with E-state index in [-0.39, 0.29) is 23.2 Å². The third-order valence-electron chi connectivity index (χ3n) is 4.44. The fourth-order valence-corrected chi connectivity index (χ4v) is 3.04. The van der Waals surface area contributed by atoms with Crippen molar-refractivity contribution in [1.82, 2.24) is 0 Å². The van der Waals surface area contributed by atoms with Crippen molar-refractivity contribution in [2.75, 3.05) is 18.5 Å². The van der Waals surface area contributed by atoms with Crippen LogP contribution in [0.15, 0.2) is 36.4 Å². The Morgan fingerprint density at radius 3 is 2.56 bits per heavy atom. The summed E-state index contributed by atoms with van der Waals surface area (Å²) in [5.41, 5.74) is 1.70. The molecule has 1 aliphatic rings. The van der Waals surface area contributed by atoms with Crippen LogP contribution in [-0.4, -0.2) is 18.1 Å². The first kappa shape index (κ1) is 18.5. The monoisotopic (exact) mass is 367 g/mol. The summed E-state index contributed by atoms with van der Waals surface area (Å²) in [7, 11) is 0. The van der Waals surface area contributed by atoms with Gasteiger partial charge in [-0.25, -0.2) is 0 Å². The van der Waals surface area contributed by atoms with Gasteiger partial charge in [-0.15, -0.1) is 0 Å². The first-order chi connectivity index (χ1) is 13.0. The van der Waals surface area contributed by atoms with Crippen molar-refractivity contribution >= 4 is 11.4 Å². The zero-order valence-electron chi connectivity index (χ0n) is 15.3. The number of hydrogen-bond donors (Lipinski definition) is 1. The van der Waals surface area contributed by atoms with Crippen molar-refractivity contribution in [3.8, 4) is 17.6 Å². The number of nitro groups is 1. The van der Waals surface area contributed by atoms with Crippen LogP contribution in [0.3, 0.4) is 0 Å². The van der Waals surface area contributed by atoms with Crippen molar-refractivity contribution in [3.05, 3.63) is 57.6 Å². The number of benzene rings is 2. The SMILES string of the molecule is CC(C)[C@H](Nc1ccc([N+](=O)[O-])cc1C#N)c1ccc2c(c1)OCCCO2. The molecule has 1 atom stereocenters. The largest absolute Gasteiger partial charge is 0.490 e. The second-order valence-corrected chi connectivity index (χ2v) is 6.72. The maximum atomic E-state index is 10.9. The summed E-state index contributed by atoms with van der Waals surface area (Å²) in [5, 5.41) is 23.7. The second kappa shape index (κ2) is 7.96. The fraction of sp³-hybridized carbons (Fsp3) is 0.350. The van der Waals surface area contributed by atoms with Gasteiger partial charge in [0.15, 0.2) is 11.5 Å². The van der Waals surface area contributed by atoms with Crippen molar-refractivity contribution in [2.24, 2.45) is 5.92 Å². The van der Waals surface area contributed by atoms with Gasteiger partial charge in [0.25, 0.3) is 5.69 Å². The molecule has 0 bridgehead atoms. The molecule has 0 spiro atoms. The van der Waals surface area contributed by atoms with E-state index < -0.39 is 4.92 Å². The highest BCUT2D eigenvalue weighted by Crippen LogP contribution is 2.36. The van der Waals surface area contributed by atoms with Gasteiger partial charge >= 0.3 is 0 Å². The lowest BCUT2D eigenvalue weighted by atomic mass is 9.95. The van der Waals surface area contributed by atoms with Gasteiger partial charge in [0.1, 0.15) is 6.07 Å². The van der Waals surface area contributed by atoms with E-state index in [0.29, 0.717) is 24.7 Å². The molecule has 2 aromatic carbocycles. The number of nitro benzene ring substituents is 1. The number of fused-ring (bicyclic) bond motifs is 1. The zero-order chi connectivity index (χ0) is 19.4. The van der Waals surface area contributed by atoms with E-state index in [0.717, 1.165) is 17.7 Å². The van der Waals surface area contributed by atoms with Gasteiger partial charge in [0, 0.05) is 18.6 Å². The Bertz CT molecular complexity index is 889. The molecule has 0 saturated carbocycles. The van der Waals surface area contributed by atoms with Gasteiger partial charge in [-0.3, -0.25) is 10.1 Å². The predicted octanol–water partition coefficient (Wildman–Crippen LogP) is 4.44. The minimum absolute atomic E-state index is 0.101. The quantitative estimate of drug-likeness (QED) is 0.620. The highest BCUT2D eigenvalue weighted by molar-refractivity contribution is 5.62. The van der Waals surface area contributed by atoms with Gasteiger partial charge in [-0.2, -0.15) is 5.26 Å². The van der Waals surface area contributed by atoms with Gasteiger partial charge in [-0.05, 0) is 29.7 Å². The molecule has 0 amide bonds. The van der Waals surface area contributed by atoms with E-state index in [1.165, 1.54) is 12.1 Å². The van der Waals surface area contributed by atoms with E-state index >= 15 is 0 Å². The molecule has 0 aromatic heterocycles. The molecule has 140 valence electrons. The lowest BCUT2D eigenvalue weighted by Gasteiger charge is -2.25. The van der Waals surface area contributed by atoms with E-state index in [9.17, 15) is 15.4 Å². The molecule has 0 fully saturated rings. The zero-order valence-corrected chi connectivity index (χ0v) is 15.3. The fourth-order valence-electron chi connectivity index (χ4n) is 3.04. The average molecular weight is 367 g/mol. The summed E-state index contributed by atoms with van der Waals surface area (Å²) in [6.07, 6.45) is 0.837. The summed E-state index contributed by atoms with van der Waals surface area (Å²) in [6, 6.07) is 12.0. The molecule has 0 aliphatic carbocycles. The molecule has 0 unspecified atom stereocenters. The number of nitriles is 1. The van der Waals surface area contributed by atoms with Crippen LogP contribution in [0.1, 0.15) is 37.4 Å². The first-order valence-electron chi connectivity index (χ1n) is 8.84. The predicted molar refractivity (Wildman–Crippen MR) is 101 cm³/mol. The Morgan fingerprint density at radius 1 is 1.15 bits per heavy atom. The lowest BCUT2D eigenvalue weighted by molar-refractivity contribution is -0.384. The van der Waals surface area contributed by atoms with E-state index in [1.54, 1.807) is 6.07 Å². The molecule has 3 rings (SSSR count). The Labute approximate surface area is 157 Å². The standard InChI is InChI=1S/C20H21N3O4/c1-13(2)20(14-4-7-18-19(11-14)27-9-3-8-26-18)22-17-6-5-16(23(24)25)10-15(17)12-21/h4-7,10-11,13,20,22H,3,8-9H2,1-2H3/t20-/m0/s1. The highest BCUT2D eigenvalue weighted by atomic mass is 16.6. The van der Waals surface area contributed by atoms with Crippen molar-refractivity contribution < 1.29 is 14.4 Å². The lowest BCUT2D eigenvalue weighted by Crippen LogP contribution is -2.17. The second-order valence-electron chi connectivity index (χ2n) is 6.72. The van der Waals surface area contributed by atoms with Crippen LogP contribution in [0.4, 0.5) is 11.4 Å². The van der Waals surface area contributed by atoms with E-state index in [1.807, 2.05) is 24.3 Å². The number of nitrogens with one attached hydrogen (secondary N) is 1. The van der Waals surface area contributed by atoms with Crippen LogP contribution < -0.4 is 14.8 Å². The smallest absolute Gasteiger partial charge is 0.270 e. The maximum Gasteiger partial charge on any atom is 0.270 e. The Kier molecular flexibility index (Phi) is 5.46. The van der Waals surface area contributed by atoms with Crippen LogP contribution in [-0.2, 0) is 0 Å². The molecule has 1 aliphatic heterocycles. The summed E-state index contributed by atoms with van der Waals surface area (Å²) in [6.45, 7) is 5.37. The third-order valence-corrected chi connectivity index (χ3v) is 4.44. The maximum absolute atomic E-state index is 10.9. The number of ether oxygens (including phenoxy) is 2. The Morgan fingerprint density at radius 2 is 1.89 bits per heavy atom. The van der Waals surface area contributed by atoms with Gasteiger partial charge < -0.3 is 14.8 Å². The van der Waals surface area contributed by atoms with E-state index in [4.69, 9.17) is 9.47 Å². The van der Waals surface area contributed by atoms with Gasteiger partial charge in [0.05, 0.1) is 35.4 Å². The summed E-state index contributed by atoms with van der Waals surface area (Å²) < 4.78 is 11.5. The Balaban J connectivity index is 1.92. The van der Waals surface area contributed by atoms with Crippen LogP contribution in [0.5, 0.6) is 11.5 Å². The van der Waals surface area contributed by atoms with Crippen LogP contribution in [0.2, 0.25) is 0 Å². The van der Waals surface area contributed by atoms with Crippen molar-refractivity contribution in [3.63, 3.8) is 0 Å². The summed E-state index contributed by atoms with van der Waals surface area (Å²) in [5.74, 6) is 1.64. The van der Waals surface area contributed by atoms with Crippen LogP contribution in [0, 0.1) is 27.4 Å². The number of nitrogens with zero attached hydrogens (tertiary/aromatic N) is 2. The number of non-ortho nitro benzene ring substituents is 1. The van der Waals surface area contributed by atoms with E-state index in [2.05, 4.69) is 19.2 Å². The van der Waals surface area contributed by atoms with Crippen LogP contribution >= 0.6 is 0 Å². The Hall–Kier alpha value is -3.27. The van der Waals surface area contributed by atoms with Gasteiger partial charge in [-0.1, -0.05) is 19.9 Å². The number of rotatable bonds is 5. The van der Waals surface area contributed by atoms with Crippen LogP contribution in [0.25, 0.3) is 0 Å². The normalized spacial score (nSPS) is 14.1. The molecule has 7 heteroatoms. The van der Waals surface area contributed by atoms with Gasteiger partial charge in [0.2, 0.25) is 0 Å². The minimum atomic E-state index is -0.506. The number of anilines is 1. The van der Waals surface area contributed by atoms with Crippen molar-refractivity contribution in [1.29, 1.82) is 5.26 Å². The molecular formula is C20H21N3O4. The summed E-state index contributed by atoms with van der Waals surface area (Å²) >= 11 is 0. The summed E-state index contributed by atoms with van der Waals surface area (Å²) in [4.78, 5) is 10.4. The first-order valence-corrected chi connectivity index (χ1v) is 8.84. The minimum Gasteiger partial charge on any atom is -0.490 e. The topological polar surface area (TPSA) is 97.4 Å².